The predicted octanol–water partition coefficient (Wildman–Crippen LogP) is 2.79. The Labute approximate surface area is 209 Å². The summed E-state index contributed by atoms with van der Waals surface area (Å²) in [6, 6.07) is 7.43. The molecule has 2 aliphatic heterocycles. The molecule has 0 spiro atoms. The predicted molar refractivity (Wildman–Crippen MR) is 133 cm³/mol. The van der Waals surface area contributed by atoms with Gasteiger partial charge < -0.3 is 19.9 Å². The minimum absolute atomic E-state index is 0.224. The average Bonchev–Trinajstić information content (AvgIpc) is 3.45. The first-order valence-electron chi connectivity index (χ1n) is 12.5. The van der Waals surface area contributed by atoms with E-state index in [1.807, 2.05) is 26.0 Å². The van der Waals surface area contributed by atoms with Crippen molar-refractivity contribution in [3.63, 3.8) is 0 Å². The van der Waals surface area contributed by atoms with Gasteiger partial charge in [0.2, 0.25) is 0 Å². The highest BCUT2D eigenvalue weighted by Crippen LogP contribution is 2.30. The summed E-state index contributed by atoms with van der Waals surface area (Å²) < 4.78 is 2.10. The smallest absolute Gasteiger partial charge is 0.275 e. The van der Waals surface area contributed by atoms with Crippen molar-refractivity contribution in [3.05, 3.63) is 53.1 Å². The number of aliphatic hydroxyl groups is 1. The van der Waals surface area contributed by atoms with E-state index >= 15 is 0 Å². The number of anilines is 1. The van der Waals surface area contributed by atoms with Gasteiger partial charge in [0.1, 0.15) is 29.1 Å². The number of carbonyl (C=O) groups excluding carboxylic acids is 2. The van der Waals surface area contributed by atoms with Crippen molar-refractivity contribution in [2.45, 2.75) is 65.1 Å². The topological polar surface area (TPSA) is 126 Å². The zero-order valence-corrected chi connectivity index (χ0v) is 20.8. The molecule has 0 radical (unpaired) electrons. The van der Waals surface area contributed by atoms with E-state index in [0.717, 1.165) is 29.8 Å². The van der Waals surface area contributed by atoms with Gasteiger partial charge in [-0.1, -0.05) is 19.9 Å². The quantitative estimate of drug-likeness (QED) is 0.545. The summed E-state index contributed by atoms with van der Waals surface area (Å²) in [5, 5.41) is 21.7. The van der Waals surface area contributed by atoms with Gasteiger partial charge >= 0.3 is 0 Å². The summed E-state index contributed by atoms with van der Waals surface area (Å²) in [6.07, 6.45) is 3.67. The lowest BCUT2D eigenvalue weighted by Crippen LogP contribution is -2.42. The van der Waals surface area contributed by atoms with Crippen molar-refractivity contribution in [1.82, 2.24) is 29.6 Å². The highest BCUT2D eigenvalue weighted by molar-refractivity contribution is 6.02. The molecule has 5 rings (SSSR count). The molecule has 2 N–H and O–H groups in total. The van der Waals surface area contributed by atoms with E-state index in [-0.39, 0.29) is 23.4 Å². The van der Waals surface area contributed by atoms with Crippen LogP contribution in [0.1, 0.15) is 67.1 Å². The van der Waals surface area contributed by atoms with E-state index in [9.17, 15) is 14.7 Å². The van der Waals surface area contributed by atoms with Gasteiger partial charge in [-0.25, -0.2) is 4.98 Å². The Morgan fingerprint density at radius 1 is 1.19 bits per heavy atom. The number of aryl methyl sites for hydroxylation is 1. The number of amides is 2. The molecule has 5 heterocycles. The fourth-order valence-corrected chi connectivity index (χ4v) is 4.92. The van der Waals surface area contributed by atoms with Crippen LogP contribution in [0, 0.1) is 5.92 Å². The number of carbonyl (C=O) groups is 2. The van der Waals surface area contributed by atoms with Crippen LogP contribution < -0.4 is 5.32 Å². The van der Waals surface area contributed by atoms with E-state index < -0.39 is 6.10 Å². The fourth-order valence-electron chi connectivity index (χ4n) is 4.92. The van der Waals surface area contributed by atoms with Crippen LogP contribution in [-0.4, -0.2) is 59.2 Å². The van der Waals surface area contributed by atoms with Crippen molar-refractivity contribution in [3.8, 4) is 11.5 Å². The molecule has 0 aromatic carbocycles. The van der Waals surface area contributed by atoms with Crippen LogP contribution in [0.15, 0.2) is 30.5 Å². The van der Waals surface area contributed by atoms with Gasteiger partial charge in [0.15, 0.2) is 5.82 Å². The molecule has 2 aliphatic rings. The molecular weight excluding hydrogens is 458 g/mol. The molecule has 0 saturated carbocycles. The first-order chi connectivity index (χ1) is 17.3. The van der Waals surface area contributed by atoms with Crippen LogP contribution >= 0.6 is 0 Å². The summed E-state index contributed by atoms with van der Waals surface area (Å²) in [7, 11) is 0. The zero-order chi connectivity index (χ0) is 25.4. The minimum Gasteiger partial charge on any atom is -0.383 e. The summed E-state index contributed by atoms with van der Waals surface area (Å²) in [5.74, 6) is 1.62. The molecule has 3 aromatic rings. The van der Waals surface area contributed by atoms with Crippen LogP contribution in [0.3, 0.4) is 0 Å². The Morgan fingerprint density at radius 2 is 2.03 bits per heavy atom. The Bertz CT molecular complexity index is 1300. The maximum atomic E-state index is 13.0. The molecule has 3 aromatic heterocycles. The normalized spacial score (nSPS) is 17.6. The molecule has 188 valence electrons. The Kier molecular flexibility index (Phi) is 6.53. The van der Waals surface area contributed by atoms with E-state index in [0.29, 0.717) is 49.3 Å². The lowest BCUT2D eigenvalue weighted by molar-refractivity contribution is -0.141. The zero-order valence-electron chi connectivity index (χ0n) is 20.8. The van der Waals surface area contributed by atoms with Crippen LogP contribution in [0.25, 0.3) is 11.5 Å². The molecule has 2 unspecified atom stereocenters. The van der Waals surface area contributed by atoms with E-state index in [1.165, 1.54) is 0 Å². The van der Waals surface area contributed by atoms with Crippen molar-refractivity contribution >= 4 is 17.6 Å². The number of nitrogens with zero attached hydrogens (tertiary/aromatic N) is 6. The Morgan fingerprint density at radius 3 is 2.83 bits per heavy atom. The average molecular weight is 490 g/mol. The Balaban J connectivity index is 1.30. The second-order valence-corrected chi connectivity index (χ2v) is 10.1. The standard InChI is InChI=1S/C26H31N7O3/c1-15(2)11-21(34)26(36)32-10-9-17-13-27-20(12-18(17)14-32)25(35)29-22-6-4-5-19(28-22)24-31-30-23-8-7-16(3)33(23)24/h4-6,12-13,15-16,21,34H,7-11,14H2,1-3H3,(H,28,29,35). The van der Waals surface area contributed by atoms with Crippen molar-refractivity contribution in [2.24, 2.45) is 5.92 Å². The molecule has 2 amide bonds. The van der Waals surface area contributed by atoms with E-state index in [4.69, 9.17) is 0 Å². The molecule has 0 bridgehead atoms. The first kappa shape index (κ1) is 24.1. The van der Waals surface area contributed by atoms with Crippen LogP contribution in [0.4, 0.5) is 5.82 Å². The largest absolute Gasteiger partial charge is 0.383 e. The highest BCUT2D eigenvalue weighted by atomic mass is 16.3. The van der Waals surface area contributed by atoms with Crippen LogP contribution in [0.5, 0.6) is 0 Å². The molecular formula is C26H31N7O3. The van der Waals surface area contributed by atoms with Gasteiger partial charge in [-0.05, 0) is 61.4 Å². The molecule has 0 fully saturated rings. The summed E-state index contributed by atoms with van der Waals surface area (Å²) in [5.41, 5.74) is 2.76. The van der Waals surface area contributed by atoms with Gasteiger partial charge in [0.05, 0.1) is 0 Å². The van der Waals surface area contributed by atoms with Crippen LogP contribution in [0.2, 0.25) is 0 Å². The first-order valence-corrected chi connectivity index (χ1v) is 12.5. The number of hydrogen-bond acceptors (Lipinski definition) is 7. The molecule has 10 nitrogen and oxygen atoms in total. The lowest BCUT2D eigenvalue weighted by atomic mass is 9.99. The van der Waals surface area contributed by atoms with Gasteiger partial charge in [0, 0.05) is 31.7 Å². The summed E-state index contributed by atoms with van der Waals surface area (Å²) in [6.45, 7) is 6.95. The van der Waals surface area contributed by atoms with Gasteiger partial charge in [0.25, 0.3) is 11.8 Å². The molecule has 0 aliphatic carbocycles. The van der Waals surface area contributed by atoms with Gasteiger partial charge in [-0.2, -0.15) is 0 Å². The number of hydrogen-bond donors (Lipinski definition) is 2. The summed E-state index contributed by atoms with van der Waals surface area (Å²) in [4.78, 5) is 36.3. The Hall–Kier alpha value is -3.66. The number of aromatic nitrogens is 5. The van der Waals surface area contributed by atoms with Crippen molar-refractivity contribution in [2.75, 3.05) is 11.9 Å². The summed E-state index contributed by atoms with van der Waals surface area (Å²) >= 11 is 0. The second-order valence-electron chi connectivity index (χ2n) is 10.1. The number of fused-ring (bicyclic) bond motifs is 2. The second kappa shape index (κ2) is 9.77. The molecule has 10 heteroatoms. The third-order valence-corrected chi connectivity index (χ3v) is 6.83. The fraction of sp³-hybridized carbons (Fsp3) is 0.462. The number of pyridine rings is 2. The maximum Gasteiger partial charge on any atom is 0.275 e. The molecule has 0 saturated heterocycles. The third-order valence-electron chi connectivity index (χ3n) is 6.83. The number of nitrogens with one attached hydrogen (secondary N) is 1. The minimum atomic E-state index is -1.01. The third kappa shape index (κ3) is 4.73. The monoisotopic (exact) mass is 489 g/mol. The maximum absolute atomic E-state index is 13.0. The molecule has 2 atom stereocenters. The van der Waals surface area contributed by atoms with Gasteiger partial charge in [-0.3, -0.25) is 14.6 Å². The van der Waals surface area contributed by atoms with E-state index in [2.05, 4.69) is 37.0 Å². The van der Waals surface area contributed by atoms with E-state index in [1.54, 1.807) is 23.2 Å². The lowest BCUT2D eigenvalue weighted by Gasteiger charge is -2.30. The molecule has 36 heavy (non-hydrogen) atoms. The van der Waals surface area contributed by atoms with Crippen molar-refractivity contribution in [1.29, 1.82) is 0 Å². The van der Waals surface area contributed by atoms with Gasteiger partial charge in [-0.15, -0.1) is 10.2 Å². The number of aliphatic hydroxyl groups excluding tert-OH is 1. The highest BCUT2D eigenvalue weighted by Gasteiger charge is 2.28. The number of rotatable bonds is 6. The van der Waals surface area contributed by atoms with Crippen LogP contribution in [-0.2, 0) is 24.2 Å². The SMILES string of the molecule is CC(C)CC(O)C(=O)N1CCc2cnc(C(=O)Nc3cccc(-c4nnc5n4C(C)CC5)n3)cc2C1. The van der Waals surface area contributed by atoms with Crippen molar-refractivity contribution < 1.29 is 14.7 Å².